The largest absolute Gasteiger partial charge is 0.444 e. The molecule has 2 aliphatic carbocycles. The Hall–Kier alpha value is -2.65. The van der Waals surface area contributed by atoms with Gasteiger partial charge in [0.25, 0.3) is 5.91 Å². The highest BCUT2D eigenvalue weighted by Gasteiger charge is 2.61. The van der Waals surface area contributed by atoms with E-state index in [4.69, 9.17) is 4.74 Å². The van der Waals surface area contributed by atoms with Crippen LogP contribution in [0.4, 0.5) is 4.79 Å². The van der Waals surface area contributed by atoms with Crippen LogP contribution in [-0.4, -0.2) is 70.8 Å². The lowest BCUT2D eigenvalue weighted by atomic mass is 9.55. The zero-order valence-corrected chi connectivity index (χ0v) is 25.8. The van der Waals surface area contributed by atoms with Gasteiger partial charge < -0.3 is 25.6 Å². The Kier molecular flexibility index (Phi) is 9.31. The molecule has 10 heteroatoms. The molecular weight excluding hydrogens is 512 g/mol. The van der Waals surface area contributed by atoms with Gasteiger partial charge in [0.05, 0.1) is 6.04 Å². The van der Waals surface area contributed by atoms with Crippen LogP contribution in [0.2, 0.25) is 0 Å². The predicted octanol–water partition coefficient (Wildman–Crippen LogP) is 3.32. The lowest BCUT2D eigenvalue weighted by molar-refractivity contribution is -0.145. The van der Waals surface area contributed by atoms with Gasteiger partial charge in [0.2, 0.25) is 17.6 Å². The molecule has 10 nitrogen and oxygen atoms in total. The zero-order chi connectivity index (χ0) is 30.2. The van der Waals surface area contributed by atoms with Crippen LogP contribution in [0.25, 0.3) is 0 Å². The summed E-state index contributed by atoms with van der Waals surface area (Å²) in [7, 11) is 0. The van der Waals surface area contributed by atoms with Crippen molar-refractivity contribution in [1.82, 2.24) is 20.9 Å². The molecule has 0 radical (unpaired) electrons. The number of Topliss-reactive ketones (excluding diaryl/α,β-unsaturated/α-hetero) is 1. The molecule has 1 heterocycles. The Balaban J connectivity index is 1.84. The molecule has 3 fully saturated rings. The molecule has 3 N–H and O–H groups in total. The average molecular weight is 563 g/mol. The van der Waals surface area contributed by atoms with Crippen molar-refractivity contribution in [2.75, 3.05) is 6.54 Å². The summed E-state index contributed by atoms with van der Waals surface area (Å²) in [6.45, 7) is 17.5. The number of amides is 4. The van der Waals surface area contributed by atoms with Crippen molar-refractivity contribution in [2.45, 2.75) is 131 Å². The Morgan fingerprint density at radius 2 is 1.62 bits per heavy atom. The summed E-state index contributed by atoms with van der Waals surface area (Å²) in [6, 6.07) is -2.64. The molecule has 0 aromatic carbocycles. The van der Waals surface area contributed by atoms with Crippen molar-refractivity contribution >= 4 is 29.6 Å². The number of nitrogens with zero attached hydrogens (tertiary/aromatic N) is 1. The predicted molar refractivity (Wildman–Crippen MR) is 151 cm³/mol. The van der Waals surface area contributed by atoms with E-state index in [2.05, 4.69) is 29.8 Å². The maximum atomic E-state index is 14.1. The van der Waals surface area contributed by atoms with Gasteiger partial charge in [0.1, 0.15) is 17.7 Å². The van der Waals surface area contributed by atoms with Crippen molar-refractivity contribution in [1.29, 1.82) is 0 Å². The molecule has 1 unspecified atom stereocenters. The molecule has 226 valence electrons. The summed E-state index contributed by atoms with van der Waals surface area (Å²) < 4.78 is 5.43. The fourth-order valence-corrected chi connectivity index (χ4v) is 5.97. The van der Waals surface area contributed by atoms with Gasteiger partial charge in [-0.1, -0.05) is 54.4 Å². The molecule has 3 rings (SSSR count). The third kappa shape index (κ3) is 7.55. The standard InChI is InChI=1S/C30H50N4O6/c1-10-11-12-20(22(35)25(37)31-17-13-14-17)32-24(36)21-18-15-30(8,9)19(18)16-34(21)26(38)23(28(2,3)4)33-27(39)40-29(5,6)7/h17-21,23H,10-16H2,1-9H3,(H,31,37)(H,32,36)(H,33,39)/t18-,19-,20?,21-,23+/m0/s1. The number of ether oxygens (including phenoxy) is 1. The second-order valence-corrected chi connectivity index (χ2v) is 14.7. The maximum absolute atomic E-state index is 14.1. The number of unbranched alkanes of at least 4 members (excludes halogenated alkanes) is 1. The number of hydrogen-bond acceptors (Lipinski definition) is 6. The minimum absolute atomic E-state index is 0.0340. The van der Waals surface area contributed by atoms with E-state index in [9.17, 15) is 24.0 Å². The first-order valence-electron chi connectivity index (χ1n) is 14.8. The maximum Gasteiger partial charge on any atom is 0.408 e. The fourth-order valence-electron chi connectivity index (χ4n) is 5.97. The van der Waals surface area contributed by atoms with Gasteiger partial charge in [-0.3, -0.25) is 19.2 Å². The Bertz CT molecular complexity index is 1010. The number of likely N-dealkylation sites (tertiary alicyclic amines) is 1. The van der Waals surface area contributed by atoms with E-state index in [1.165, 1.54) is 0 Å². The van der Waals surface area contributed by atoms with Crippen LogP contribution in [0, 0.1) is 22.7 Å². The molecule has 0 aromatic heterocycles. The van der Waals surface area contributed by atoms with E-state index in [1.54, 1.807) is 25.7 Å². The summed E-state index contributed by atoms with van der Waals surface area (Å²) in [5.74, 6) is -2.04. The Morgan fingerprint density at radius 1 is 1.00 bits per heavy atom. The number of hydrogen-bond donors (Lipinski definition) is 3. The molecule has 0 bridgehead atoms. The lowest BCUT2D eigenvalue weighted by Gasteiger charge is -2.48. The number of carbonyl (C=O) groups is 5. The third-order valence-electron chi connectivity index (χ3n) is 8.36. The highest BCUT2D eigenvalue weighted by Crippen LogP contribution is 2.57. The highest BCUT2D eigenvalue weighted by molar-refractivity contribution is 6.38. The summed E-state index contributed by atoms with van der Waals surface area (Å²) >= 11 is 0. The quantitative estimate of drug-likeness (QED) is 0.350. The van der Waals surface area contributed by atoms with E-state index in [0.29, 0.717) is 19.4 Å². The van der Waals surface area contributed by atoms with Gasteiger partial charge >= 0.3 is 6.09 Å². The highest BCUT2D eigenvalue weighted by atomic mass is 16.6. The second kappa shape index (κ2) is 11.7. The van der Waals surface area contributed by atoms with Crippen LogP contribution < -0.4 is 16.0 Å². The van der Waals surface area contributed by atoms with Crippen LogP contribution in [0.1, 0.15) is 101 Å². The van der Waals surface area contributed by atoms with Crippen LogP contribution in [0.5, 0.6) is 0 Å². The number of carbonyl (C=O) groups excluding carboxylic acids is 5. The van der Waals surface area contributed by atoms with Crippen molar-refractivity contribution in [3.63, 3.8) is 0 Å². The molecule has 1 saturated heterocycles. The number of nitrogens with one attached hydrogen (secondary N) is 3. The number of fused-ring (bicyclic) bond motifs is 1. The first-order chi connectivity index (χ1) is 18.4. The lowest BCUT2D eigenvalue weighted by Crippen LogP contribution is -2.60. The van der Waals surface area contributed by atoms with Gasteiger partial charge in [-0.2, -0.15) is 0 Å². The smallest absolute Gasteiger partial charge is 0.408 e. The molecular formula is C30H50N4O6. The van der Waals surface area contributed by atoms with Gasteiger partial charge in [-0.05, 0) is 69.1 Å². The normalized spacial score (nSPS) is 25.1. The number of rotatable bonds is 10. The molecule has 0 aromatic rings. The van der Waals surface area contributed by atoms with Crippen LogP contribution >= 0.6 is 0 Å². The van der Waals surface area contributed by atoms with Crippen molar-refractivity contribution in [3.05, 3.63) is 0 Å². The van der Waals surface area contributed by atoms with Crippen LogP contribution in [0.15, 0.2) is 0 Å². The molecule has 40 heavy (non-hydrogen) atoms. The summed E-state index contributed by atoms with van der Waals surface area (Å²) in [5, 5.41) is 8.34. The van der Waals surface area contributed by atoms with E-state index in [-0.39, 0.29) is 29.2 Å². The van der Waals surface area contributed by atoms with Crippen molar-refractivity contribution in [3.8, 4) is 0 Å². The number of alkyl carbamates (subject to hydrolysis) is 1. The monoisotopic (exact) mass is 562 g/mol. The summed E-state index contributed by atoms with van der Waals surface area (Å²) in [4.78, 5) is 67.9. The van der Waals surface area contributed by atoms with E-state index in [0.717, 1.165) is 25.7 Å². The molecule has 2 saturated carbocycles. The molecule has 3 aliphatic rings. The minimum atomic E-state index is -0.950. The minimum Gasteiger partial charge on any atom is -0.444 e. The topological polar surface area (TPSA) is 134 Å². The van der Waals surface area contributed by atoms with E-state index >= 15 is 0 Å². The Labute approximate surface area is 239 Å². The zero-order valence-electron chi connectivity index (χ0n) is 25.8. The van der Waals surface area contributed by atoms with Gasteiger partial charge in [0.15, 0.2) is 0 Å². The van der Waals surface area contributed by atoms with Crippen LogP contribution in [-0.2, 0) is 23.9 Å². The van der Waals surface area contributed by atoms with Crippen LogP contribution in [0.3, 0.4) is 0 Å². The van der Waals surface area contributed by atoms with Crippen molar-refractivity contribution < 1.29 is 28.7 Å². The van der Waals surface area contributed by atoms with E-state index in [1.807, 2.05) is 27.7 Å². The average Bonchev–Trinajstić information content (AvgIpc) is 3.56. The molecule has 4 amide bonds. The second-order valence-electron chi connectivity index (χ2n) is 14.7. The third-order valence-corrected chi connectivity index (χ3v) is 8.36. The van der Waals surface area contributed by atoms with Crippen molar-refractivity contribution in [2.24, 2.45) is 22.7 Å². The van der Waals surface area contributed by atoms with Gasteiger partial charge in [0, 0.05) is 12.6 Å². The molecule has 1 aliphatic heterocycles. The SMILES string of the molecule is CCCCC(NC(=O)[C@@H]1[C@H]2CC(C)(C)[C@H]2CN1C(=O)[C@@H](NC(=O)OC(C)(C)C)C(C)(C)C)C(=O)C(=O)NC1CC1. The molecule has 5 atom stereocenters. The van der Waals surface area contributed by atoms with Gasteiger partial charge in [-0.15, -0.1) is 0 Å². The summed E-state index contributed by atoms with van der Waals surface area (Å²) in [6.07, 6.45) is 3.60. The Morgan fingerprint density at radius 3 is 2.12 bits per heavy atom. The first kappa shape index (κ1) is 31.9. The van der Waals surface area contributed by atoms with Gasteiger partial charge in [-0.25, -0.2) is 4.79 Å². The van der Waals surface area contributed by atoms with E-state index < -0.39 is 52.8 Å². The fraction of sp³-hybridized carbons (Fsp3) is 0.833. The number of ketones is 1. The molecule has 0 spiro atoms. The summed E-state index contributed by atoms with van der Waals surface area (Å²) in [5.41, 5.74) is -1.44. The first-order valence-corrected chi connectivity index (χ1v) is 14.8.